The van der Waals surface area contributed by atoms with Gasteiger partial charge in [-0.15, -0.1) is 10.2 Å². The van der Waals surface area contributed by atoms with Gasteiger partial charge in [0.2, 0.25) is 0 Å². The summed E-state index contributed by atoms with van der Waals surface area (Å²) in [6.07, 6.45) is 8.10. The van der Waals surface area contributed by atoms with Gasteiger partial charge >= 0.3 is 0 Å². The number of nitrogens with zero attached hydrogens (tertiary/aromatic N) is 4. The molecule has 0 aliphatic carbocycles. The van der Waals surface area contributed by atoms with Crippen LogP contribution in [-0.2, 0) is 14.1 Å². The van der Waals surface area contributed by atoms with Crippen molar-refractivity contribution in [1.82, 2.24) is 10.2 Å². The van der Waals surface area contributed by atoms with Crippen molar-refractivity contribution in [2.24, 2.45) is 14.1 Å². The van der Waals surface area contributed by atoms with Gasteiger partial charge in [0.1, 0.15) is 25.5 Å². The maximum atomic E-state index is 4.54. The van der Waals surface area contributed by atoms with Crippen LogP contribution in [0, 0.1) is 0 Å². The Labute approximate surface area is 140 Å². The third-order valence-electron chi connectivity index (χ3n) is 4.19. The van der Waals surface area contributed by atoms with Gasteiger partial charge in [-0.1, -0.05) is 24.3 Å². The molecule has 0 radical (unpaired) electrons. The van der Waals surface area contributed by atoms with Crippen molar-refractivity contribution in [3.63, 3.8) is 0 Å². The van der Waals surface area contributed by atoms with Gasteiger partial charge in [-0.25, -0.2) is 9.13 Å². The van der Waals surface area contributed by atoms with Gasteiger partial charge in [-0.05, 0) is 0 Å². The van der Waals surface area contributed by atoms with Crippen LogP contribution >= 0.6 is 0 Å². The van der Waals surface area contributed by atoms with Crippen LogP contribution in [0.5, 0.6) is 0 Å². The molecule has 4 heteroatoms. The van der Waals surface area contributed by atoms with E-state index < -0.39 is 0 Å². The predicted octanol–water partition coefficient (Wildman–Crippen LogP) is 2.61. The molecular formula is C20H18N4+2. The lowest BCUT2D eigenvalue weighted by Gasteiger charge is -2.08. The monoisotopic (exact) mass is 314 g/mol. The smallest absolute Gasteiger partial charge is 0.169 e. The number of aryl methyl sites for hydroxylation is 2. The fourth-order valence-corrected chi connectivity index (χ4v) is 2.85. The van der Waals surface area contributed by atoms with Crippen LogP contribution in [0.4, 0.5) is 0 Å². The van der Waals surface area contributed by atoms with Gasteiger partial charge in [0.25, 0.3) is 0 Å². The zero-order valence-electron chi connectivity index (χ0n) is 13.7. The first-order valence-corrected chi connectivity index (χ1v) is 7.89. The summed E-state index contributed by atoms with van der Waals surface area (Å²) < 4.78 is 4.02. The number of fused-ring (bicyclic) bond motifs is 1. The molecule has 1 aromatic carbocycles. The van der Waals surface area contributed by atoms with Crippen molar-refractivity contribution in [2.75, 3.05) is 0 Å². The maximum Gasteiger partial charge on any atom is 0.169 e. The van der Waals surface area contributed by atoms with Crippen LogP contribution in [0.2, 0.25) is 0 Å². The maximum absolute atomic E-state index is 4.54. The average Bonchev–Trinajstić information content (AvgIpc) is 2.62. The SMILES string of the molecule is C[n+]1ccc(-c2nnc(-c3cc[n+](C)cc3)c3ccccc23)cc1. The highest BCUT2D eigenvalue weighted by atomic mass is 15.1. The molecule has 0 N–H and O–H groups in total. The molecule has 0 bridgehead atoms. The molecule has 0 saturated heterocycles. The fraction of sp³-hybridized carbons (Fsp3) is 0.100. The highest BCUT2D eigenvalue weighted by Gasteiger charge is 2.13. The quantitative estimate of drug-likeness (QED) is 0.533. The molecule has 24 heavy (non-hydrogen) atoms. The standard InChI is InChI=1S/C20H18N4/c1-23-11-7-15(8-12-23)19-17-5-3-4-6-18(17)20(22-21-19)16-9-13-24(2)14-10-16/h3-14H,1-2H3/q+2. The van der Waals surface area contributed by atoms with Gasteiger partial charge in [0, 0.05) is 46.2 Å². The minimum absolute atomic E-state index is 0.913. The second-order valence-corrected chi connectivity index (χ2v) is 5.95. The Balaban J connectivity index is 1.95. The van der Waals surface area contributed by atoms with Crippen molar-refractivity contribution in [3.05, 3.63) is 73.3 Å². The molecule has 4 rings (SSSR count). The van der Waals surface area contributed by atoms with E-state index in [1.165, 1.54) is 0 Å². The van der Waals surface area contributed by atoms with Gasteiger partial charge in [-0.3, -0.25) is 0 Å². The van der Waals surface area contributed by atoms with E-state index in [1.54, 1.807) is 0 Å². The van der Waals surface area contributed by atoms with Crippen LogP contribution in [-0.4, -0.2) is 10.2 Å². The molecule has 116 valence electrons. The van der Waals surface area contributed by atoms with Gasteiger partial charge < -0.3 is 0 Å². The molecule has 4 aromatic rings. The first kappa shape index (κ1) is 14.5. The highest BCUT2D eigenvalue weighted by molar-refractivity contribution is 6.01. The van der Waals surface area contributed by atoms with Crippen LogP contribution in [0.3, 0.4) is 0 Å². The Bertz CT molecular complexity index is 922. The van der Waals surface area contributed by atoms with Crippen molar-refractivity contribution in [3.8, 4) is 22.5 Å². The lowest BCUT2D eigenvalue weighted by Crippen LogP contribution is -2.25. The zero-order chi connectivity index (χ0) is 16.5. The topological polar surface area (TPSA) is 33.5 Å². The van der Waals surface area contributed by atoms with E-state index in [1.807, 2.05) is 60.1 Å². The van der Waals surface area contributed by atoms with E-state index in [-0.39, 0.29) is 0 Å². The number of hydrogen-bond donors (Lipinski definition) is 0. The van der Waals surface area contributed by atoms with Gasteiger partial charge in [0.05, 0.1) is 0 Å². The van der Waals surface area contributed by atoms with Crippen molar-refractivity contribution in [2.45, 2.75) is 0 Å². The van der Waals surface area contributed by atoms with Crippen LogP contribution in [0.25, 0.3) is 33.3 Å². The first-order valence-electron chi connectivity index (χ1n) is 7.89. The van der Waals surface area contributed by atoms with Crippen LogP contribution in [0.1, 0.15) is 0 Å². The Kier molecular flexibility index (Phi) is 3.50. The molecule has 3 aromatic heterocycles. The van der Waals surface area contributed by atoms with E-state index in [9.17, 15) is 0 Å². The molecule has 0 fully saturated rings. The Morgan fingerprint density at radius 1 is 0.583 bits per heavy atom. The molecule has 0 aliphatic rings. The van der Waals surface area contributed by atoms with E-state index >= 15 is 0 Å². The summed E-state index contributed by atoms with van der Waals surface area (Å²) in [6, 6.07) is 16.6. The minimum Gasteiger partial charge on any atom is -0.208 e. The number of pyridine rings is 2. The van der Waals surface area contributed by atoms with E-state index in [0.717, 1.165) is 33.3 Å². The summed E-state index contributed by atoms with van der Waals surface area (Å²) in [5.41, 5.74) is 3.97. The first-order chi connectivity index (χ1) is 11.7. The average molecular weight is 314 g/mol. The number of benzene rings is 1. The molecule has 3 heterocycles. The largest absolute Gasteiger partial charge is 0.208 e. The summed E-state index contributed by atoms with van der Waals surface area (Å²) in [5.74, 6) is 0. The summed E-state index contributed by atoms with van der Waals surface area (Å²) >= 11 is 0. The van der Waals surface area contributed by atoms with Gasteiger partial charge in [-0.2, -0.15) is 0 Å². The third-order valence-corrected chi connectivity index (χ3v) is 4.19. The van der Waals surface area contributed by atoms with E-state index in [0.29, 0.717) is 0 Å². The summed E-state index contributed by atoms with van der Waals surface area (Å²) in [5, 5.41) is 11.3. The molecule has 0 spiro atoms. The van der Waals surface area contributed by atoms with Crippen molar-refractivity contribution < 1.29 is 9.13 Å². The lowest BCUT2D eigenvalue weighted by molar-refractivity contribution is -0.671. The number of hydrogen-bond acceptors (Lipinski definition) is 2. The molecule has 0 aliphatic heterocycles. The van der Waals surface area contributed by atoms with E-state index in [4.69, 9.17) is 0 Å². The molecule has 0 atom stereocenters. The summed E-state index contributed by atoms with van der Waals surface area (Å²) in [7, 11) is 4.01. The number of aromatic nitrogens is 4. The van der Waals surface area contributed by atoms with E-state index in [2.05, 4.69) is 46.6 Å². The molecule has 4 nitrogen and oxygen atoms in total. The molecule has 0 amide bonds. The lowest BCUT2D eigenvalue weighted by atomic mass is 10.0. The summed E-state index contributed by atoms with van der Waals surface area (Å²) in [6.45, 7) is 0. The normalized spacial score (nSPS) is 10.9. The highest BCUT2D eigenvalue weighted by Crippen LogP contribution is 2.31. The zero-order valence-corrected chi connectivity index (χ0v) is 13.7. The van der Waals surface area contributed by atoms with Crippen LogP contribution < -0.4 is 9.13 Å². The van der Waals surface area contributed by atoms with Gasteiger partial charge in [0.15, 0.2) is 24.8 Å². The molecular weight excluding hydrogens is 296 g/mol. The minimum atomic E-state index is 0.913. The fourth-order valence-electron chi connectivity index (χ4n) is 2.85. The van der Waals surface area contributed by atoms with Crippen molar-refractivity contribution in [1.29, 1.82) is 0 Å². The second-order valence-electron chi connectivity index (χ2n) is 5.95. The van der Waals surface area contributed by atoms with Crippen LogP contribution in [0.15, 0.2) is 73.3 Å². The molecule has 0 unspecified atom stereocenters. The number of rotatable bonds is 2. The molecule has 0 saturated carbocycles. The van der Waals surface area contributed by atoms with Crippen molar-refractivity contribution >= 4 is 10.8 Å². The Morgan fingerprint density at radius 2 is 0.958 bits per heavy atom. The predicted molar refractivity (Wildman–Crippen MR) is 92.8 cm³/mol. The Morgan fingerprint density at radius 3 is 1.33 bits per heavy atom. The Hall–Kier alpha value is -3.14. The third kappa shape index (κ3) is 2.52. The summed E-state index contributed by atoms with van der Waals surface area (Å²) in [4.78, 5) is 0. The second kappa shape index (κ2) is 5.81.